The van der Waals surface area contributed by atoms with Gasteiger partial charge in [0.2, 0.25) is 5.91 Å². The van der Waals surface area contributed by atoms with E-state index in [1.165, 1.54) is 17.3 Å². The lowest BCUT2D eigenvalue weighted by molar-refractivity contribution is -0.120. The molecule has 1 amide bonds. The maximum atomic E-state index is 11.8. The normalized spacial score (nSPS) is 23.5. The number of aromatic nitrogens is 1. The van der Waals surface area contributed by atoms with E-state index in [0.717, 1.165) is 19.3 Å². The van der Waals surface area contributed by atoms with Gasteiger partial charge in [0.15, 0.2) is 0 Å². The summed E-state index contributed by atoms with van der Waals surface area (Å²) in [6.07, 6.45) is 7.65. The molecule has 2 N–H and O–H groups in total. The maximum Gasteiger partial charge on any atom is 0.230 e. The number of thioether (sulfide) groups is 1. The lowest BCUT2D eigenvalue weighted by atomic mass is 9.75. The summed E-state index contributed by atoms with van der Waals surface area (Å²) in [5, 5.41) is 12.5. The van der Waals surface area contributed by atoms with Crippen LogP contribution in [0.2, 0.25) is 0 Å². The molecule has 5 heteroatoms. The first kappa shape index (κ1) is 14.3. The van der Waals surface area contributed by atoms with Crippen LogP contribution < -0.4 is 5.32 Å². The van der Waals surface area contributed by atoms with E-state index < -0.39 is 0 Å². The van der Waals surface area contributed by atoms with Crippen LogP contribution in [0.4, 0.5) is 0 Å². The van der Waals surface area contributed by atoms with E-state index in [2.05, 4.69) is 10.3 Å². The van der Waals surface area contributed by atoms with Crippen molar-refractivity contribution in [2.45, 2.75) is 31.4 Å². The van der Waals surface area contributed by atoms with Crippen molar-refractivity contribution in [3.63, 3.8) is 0 Å². The van der Waals surface area contributed by atoms with Gasteiger partial charge < -0.3 is 10.4 Å². The number of amides is 1. The maximum absolute atomic E-state index is 11.8. The first-order valence-corrected chi connectivity index (χ1v) is 7.93. The molecule has 104 valence electrons. The number of nitrogens with zero attached hydrogens (tertiary/aromatic N) is 1. The minimum absolute atomic E-state index is 0.0768. The number of hydrogen-bond donors (Lipinski definition) is 2. The molecule has 1 fully saturated rings. The van der Waals surface area contributed by atoms with Crippen LogP contribution in [0.5, 0.6) is 0 Å². The molecule has 1 aliphatic rings. The van der Waals surface area contributed by atoms with Gasteiger partial charge in [-0.05, 0) is 49.1 Å². The Bertz CT molecular complexity index is 407. The zero-order valence-electron chi connectivity index (χ0n) is 11.1. The highest BCUT2D eigenvalue weighted by atomic mass is 32.2. The molecule has 1 atom stereocenters. The fourth-order valence-corrected chi connectivity index (χ4v) is 2.79. The number of carbonyl (C=O) groups excluding carboxylic acids is 1. The molecule has 0 radical (unpaired) electrons. The number of aliphatic hydroxyl groups is 1. The van der Waals surface area contributed by atoms with Gasteiger partial charge in [-0.15, -0.1) is 0 Å². The SMILES string of the molecule is CSCC(=O)N[C@@H](Cc1ccncc1)C1CC(O)C1. The van der Waals surface area contributed by atoms with Gasteiger partial charge in [-0.25, -0.2) is 0 Å². The third-order valence-corrected chi connectivity index (χ3v) is 4.10. The minimum Gasteiger partial charge on any atom is -0.393 e. The second kappa shape index (κ2) is 6.91. The van der Waals surface area contributed by atoms with Crippen molar-refractivity contribution in [2.24, 2.45) is 5.92 Å². The van der Waals surface area contributed by atoms with Crippen molar-refractivity contribution in [1.82, 2.24) is 10.3 Å². The van der Waals surface area contributed by atoms with Gasteiger partial charge in [0.25, 0.3) is 0 Å². The van der Waals surface area contributed by atoms with Crippen molar-refractivity contribution in [2.75, 3.05) is 12.0 Å². The standard InChI is InChI=1S/C14H20N2O2S/c1-19-9-14(18)16-13(11-7-12(17)8-11)6-10-2-4-15-5-3-10/h2-5,11-13,17H,6-9H2,1H3,(H,16,18)/t11?,12?,13-/m0/s1. The van der Waals surface area contributed by atoms with Gasteiger partial charge in [-0.2, -0.15) is 11.8 Å². The first-order chi connectivity index (χ1) is 9.19. The molecule has 1 saturated carbocycles. The molecule has 1 aliphatic carbocycles. The molecule has 1 aromatic rings. The summed E-state index contributed by atoms with van der Waals surface area (Å²) in [5.74, 6) is 0.948. The minimum atomic E-state index is -0.192. The second-order valence-corrected chi connectivity index (χ2v) is 5.92. The van der Waals surface area contributed by atoms with Crippen molar-refractivity contribution < 1.29 is 9.90 Å². The van der Waals surface area contributed by atoms with Crippen LogP contribution >= 0.6 is 11.8 Å². The summed E-state index contributed by atoms with van der Waals surface area (Å²) >= 11 is 1.52. The number of carbonyl (C=O) groups is 1. The fraction of sp³-hybridized carbons (Fsp3) is 0.571. The van der Waals surface area contributed by atoms with Crippen LogP contribution in [0, 0.1) is 5.92 Å². The van der Waals surface area contributed by atoms with Crippen molar-refractivity contribution >= 4 is 17.7 Å². The van der Waals surface area contributed by atoms with E-state index in [9.17, 15) is 9.90 Å². The van der Waals surface area contributed by atoms with E-state index in [1.54, 1.807) is 12.4 Å². The average Bonchev–Trinajstić information content (AvgIpc) is 2.36. The monoisotopic (exact) mass is 280 g/mol. The number of aliphatic hydroxyl groups excluding tert-OH is 1. The Morgan fingerprint density at radius 2 is 2.21 bits per heavy atom. The number of rotatable bonds is 6. The van der Waals surface area contributed by atoms with Crippen LogP contribution in [0.25, 0.3) is 0 Å². The highest BCUT2D eigenvalue weighted by Crippen LogP contribution is 2.31. The Morgan fingerprint density at radius 1 is 1.53 bits per heavy atom. The third-order valence-electron chi connectivity index (χ3n) is 3.55. The average molecular weight is 280 g/mol. The molecule has 0 unspecified atom stereocenters. The summed E-state index contributed by atoms with van der Waals surface area (Å²) in [6, 6.07) is 4.07. The van der Waals surface area contributed by atoms with Crippen LogP contribution in [-0.4, -0.2) is 40.2 Å². The molecule has 1 heterocycles. The van der Waals surface area contributed by atoms with Gasteiger partial charge >= 0.3 is 0 Å². The quantitative estimate of drug-likeness (QED) is 0.823. The predicted molar refractivity (Wildman–Crippen MR) is 77.0 cm³/mol. The van der Waals surface area contributed by atoms with Crippen LogP contribution in [0.15, 0.2) is 24.5 Å². The Hall–Kier alpha value is -1.07. The van der Waals surface area contributed by atoms with Crippen LogP contribution in [0.3, 0.4) is 0 Å². The largest absolute Gasteiger partial charge is 0.393 e. The van der Waals surface area contributed by atoms with Crippen LogP contribution in [-0.2, 0) is 11.2 Å². The lowest BCUT2D eigenvalue weighted by Gasteiger charge is -2.38. The van der Waals surface area contributed by atoms with E-state index in [1.807, 2.05) is 18.4 Å². The van der Waals surface area contributed by atoms with E-state index >= 15 is 0 Å². The molecule has 1 aromatic heterocycles. The molecule has 0 spiro atoms. The predicted octanol–water partition coefficient (Wildman–Crippen LogP) is 1.24. The van der Waals surface area contributed by atoms with Crippen molar-refractivity contribution in [1.29, 1.82) is 0 Å². The molecule has 0 aliphatic heterocycles. The zero-order chi connectivity index (χ0) is 13.7. The van der Waals surface area contributed by atoms with Crippen molar-refractivity contribution in [3.05, 3.63) is 30.1 Å². The van der Waals surface area contributed by atoms with Crippen LogP contribution in [0.1, 0.15) is 18.4 Å². The molecule has 19 heavy (non-hydrogen) atoms. The Kier molecular flexibility index (Phi) is 5.22. The summed E-state index contributed by atoms with van der Waals surface area (Å²) in [5.41, 5.74) is 1.17. The number of hydrogen-bond acceptors (Lipinski definition) is 4. The zero-order valence-corrected chi connectivity index (χ0v) is 11.9. The molecule has 4 nitrogen and oxygen atoms in total. The smallest absolute Gasteiger partial charge is 0.230 e. The topological polar surface area (TPSA) is 62.2 Å². The molecule has 0 aromatic carbocycles. The summed E-state index contributed by atoms with van der Waals surface area (Å²) in [4.78, 5) is 15.8. The van der Waals surface area contributed by atoms with E-state index in [-0.39, 0.29) is 18.1 Å². The first-order valence-electron chi connectivity index (χ1n) is 6.54. The lowest BCUT2D eigenvalue weighted by Crippen LogP contribution is -2.48. The molecular weight excluding hydrogens is 260 g/mol. The van der Waals surface area contributed by atoms with E-state index in [0.29, 0.717) is 11.7 Å². The van der Waals surface area contributed by atoms with Gasteiger partial charge in [0, 0.05) is 18.4 Å². The summed E-state index contributed by atoms with van der Waals surface area (Å²) < 4.78 is 0. The van der Waals surface area contributed by atoms with Gasteiger partial charge in [-0.3, -0.25) is 9.78 Å². The number of nitrogens with one attached hydrogen (secondary N) is 1. The summed E-state index contributed by atoms with van der Waals surface area (Å²) in [7, 11) is 0. The van der Waals surface area contributed by atoms with Crippen molar-refractivity contribution in [3.8, 4) is 0 Å². The van der Waals surface area contributed by atoms with E-state index in [4.69, 9.17) is 0 Å². The Labute approximate surface area is 118 Å². The highest BCUT2D eigenvalue weighted by molar-refractivity contribution is 7.99. The second-order valence-electron chi connectivity index (χ2n) is 5.05. The fourth-order valence-electron chi connectivity index (χ4n) is 2.45. The molecule has 2 rings (SSSR count). The number of pyridine rings is 1. The Balaban J connectivity index is 1.96. The molecule has 0 saturated heterocycles. The molecule has 0 bridgehead atoms. The van der Waals surface area contributed by atoms with Gasteiger partial charge in [-0.1, -0.05) is 0 Å². The van der Waals surface area contributed by atoms with Gasteiger partial charge in [0.1, 0.15) is 0 Å². The molecular formula is C14H20N2O2S. The highest BCUT2D eigenvalue weighted by Gasteiger charge is 2.34. The Morgan fingerprint density at radius 3 is 2.79 bits per heavy atom. The third kappa shape index (κ3) is 4.21. The summed E-state index contributed by atoms with van der Waals surface area (Å²) in [6.45, 7) is 0. The van der Waals surface area contributed by atoms with Gasteiger partial charge in [0.05, 0.1) is 11.9 Å².